The van der Waals surface area contributed by atoms with Crippen LogP contribution in [0.2, 0.25) is 5.02 Å². The second kappa shape index (κ2) is 15.0. The van der Waals surface area contributed by atoms with Crippen LogP contribution in [0.25, 0.3) is 16.8 Å². The number of nitriles is 1. The normalized spacial score (nSPS) is 19.1. The average Bonchev–Trinajstić information content (AvgIpc) is 3.44. The van der Waals surface area contributed by atoms with Crippen LogP contribution in [0.4, 0.5) is 30.7 Å². The van der Waals surface area contributed by atoms with Gasteiger partial charge in [0, 0.05) is 18.2 Å². The molecule has 3 heterocycles. The molecule has 4 aromatic rings. The first kappa shape index (κ1) is 39.2. The monoisotopic (exact) mass is 793 g/mol. The van der Waals surface area contributed by atoms with Gasteiger partial charge in [0.05, 0.1) is 40.9 Å². The second-order valence-electron chi connectivity index (χ2n) is 13.4. The summed E-state index contributed by atoms with van der Waals surface area (Å²) in [5.41, 5.74) is 3.55. The van der Waals surface area contributed by atoms with E-state index >= 15 is 0 Å². The molecule has 1 amide bonds. The third kappa shape index (κ3) is 7.59. The number of hydrogen-bond acceptors (Lipinski definition) is 9. The van der Waals surface area contributed by atoms with Crippen molar-refractivity contribution >= 4 is 29.4 Å². The molecule has 55 heavy (non-hydrogen) atoms. The fourth-order valence-electron chi connectivity index (χ4n) is 6.62. The van der Waals surface area contributed by atoms with E-state index in [0.717, 1.165) is 22.1 Å². The molecule has 1 fully saturated rings. The molecule has 290 valence electrons. The smallest absolute Gasteiger partial charge is 0.395 e. The fourth-order valence-corrected chi connectivity index (χ4v) is 6.82. The van der Waals surface area contributed by atoms with Gasteiger partial charge in [0.1, 0.15) is 12.9 Å². The van der Waals surface area contributed by atoms with Crippen LogP contribution in [-0.4, -0.2) is 60.1 Å². The van der Waals surface area contributed by atoms with Crippen LogP contribution in [-0.2, 0) is 19.9 Å². The number of ether oxygens (including phenoxy) is 1. The van der Waals surface area contributed by atoms with E-state index in [4.69, 9.17) is 22.1 Å². The zero-order chi connectivity index (χ0) is 39.9. The van der Waals surface area contributed by atoms with E-state index in [9.17, 15) is 45.6 Å². The average molecular weight is 794 g/mol. The number of carbonyl (C=O) groups excluding carboxylic acids is 2. The van der Waals surface area contributed by atoms with E-state index in [0.29, 0.717) is 15.8 Å². The number of rotatable bonds is 14. The minimum Gasteiger partial charge on any atom is -0.463 e. The SMILES string of the molecule is C[C@@H](CC#N)C[C@]1(c2ccc(-c3cnn(C(F)F)c3)cc2)N=C(N)N([C@H](COC(=O)CC2(C(F)(F)F)CC2)c2ccc(Cl)c(-n3ncnc3C(F)F)c2)C1=O. The van der Waals surface area contributed by atoms with E-state index in [2.05, 4.69) is 26.2 Å². The number of nitrogens with two attached hydrogens (primary N) is 1. The maximum absolute atomic E-state index is 14.9. The summed E-state index contributed by atoms with van der Waals surface area (Å²) in [6.45, 7) is -1.91. The summed E-state index contributed by atoms with van der Waals surface area (Å²) in [6, 6.07) is 10.8. The molecular formula is C35H31ClF7N9O3. The number of benzene rings is 2. The van der Waals surface area contributed by atoms with Crippen molar-refractivity contribution < 1.29 is 45.1 Å². The van der Waals surface area contributed by atoms with Gasteiger partial charge in [-0.3, -0.25) is 14.5 Å². The van der Waals surface area contributed by atoms with Crippen molar-refractivity contribution in [3.05, 3.63) is 83.2 Å². The first-order valence-corrected chi connectivity index (χ1v) is 17.1. The van der Waals surface area contributed by atoms with E-state index < -0.39 is 78.8 Å². The van der Waals surface area contributed by atoms with Gasteiger partial charge in [-0.2, -0.15) is 37.4 Å². The van der Waals surface area contributed by atoms with E-state index in [1.807, 2.05) is 0 Å². The summed E-state index contributed by atoms with van der Waals surface area (Å²) in [7, 11) is 0. The molecule has 0 saturated heterocycles. The highest BCUT2D eigenvalue weighted by Crippen LogP contribution is 2.60. The third-order valence-electron chi connectivity index (χ3n) is 9.71. The van der Waals surface area contributed by atoms with Crippen LogP contribution in [0.1, 0.15) is 75.0 Å². The lowest BCUT2D eigenvalue weighted by molar-refractivity contribution is -0.195. The highest BCUT2D eigenvalue weighted by Gasteiger charge is 2.64. The number of alkyl halides is 7. The number of esters is 1. The molecule has 0 radical (unpaired) electrons. The molecule has 2 N–H and O–H groups in total. The van der Waals surface area contributed by atoms with E-state index in [1.165, 1.54) is 36.5 Å². The lowest BCUT2D eigenvalue weighted by atomic mass is 9.80. The van der Waals surface area contributed by atoms with Crippen molar-refractivity contribution in [2.75, 3.05) is 6.61 Å². The van der Waals surface area contributed by atoms with Gasteiger partial charge in [-0.05, 0) is 54.0 Å². The van der Waals surface area contributed by atoms with Gasteiger partial charge < -0.3 is 10.5 Å². The number of carbonyl (C=O) groups is 2. The Morgan fingerprint density at radius 3 is 2.40 bits per heavy atom. The van der Waals surface area contributed by atoms with Gasteiger partial charge in [0.25, 0.3) is 12.3 Å². The minimum absolute atomic E-state index is 0.00225. The first-order chi connectivity index (χ1) is 26.0. The van der Waals surface area contributed by atoms with Crippen molar-refractivity contribution in [2.45, 2.75) is 69.8 Å². The Labute approximate surface area is 313 Å². The highest BCUT2D eigenvalue weighted by atomic mass is 35.5. The van der Waals surface area contributed by atoms with Crippen LogP contribution in [0.15, 0.2) is 66.2 Å². The number of amides is 1. The molecule has 0 bridgehead atoms. The Bertz CT molecular complexity index is 2140. The zero-order valence-corrected chi connectivity index (χ0v) is 29.5. The molecule has 20 heteroatoms. The Morgan fingerprint density at radius 1 is 1.09 bits per heavy atom. The van der Waals surface area contributed by atoms with Crippen molar-refractivity contribution in [2.24, 2.45) is 22.1 Å². The van der Waals surface area contributed by atoms with Crippen LogP contribution in [0.5, 0.6) is 0 Å². The van der Waals surface area contributed by atoms with E-state index in [1.54, 1.807) is 19.1 Å². The summed E-state index contributed by atoms with van der Waals surface area (Å²) in [5, 5.41) is 16.9. The van der Waals surface area contributed by atoms with Gasteiger partial charge in [-0.1, -0.05) is 48.9 Å². The maximum atomic E-state index is 14.9. The quantitative estimate of drug-likeness (QED) is 0.102. The Kier molecular flexibility index (Phi) is 10.7. The molecule has 3 atom stereocenters. The maximum Gasteiger partial charge on any atom is 0.395 e. The largest absolute Gasteiger partial charge is 0.463 e. The van der Waals surface area contributed by atoms with E-state index in [-0.39, 0.29) is 47.5 Å². The molecular weight excluding hydrogens is 763 g/mol. The van der Waals surface area contributed by atoms with Crippen LogP contribution in [0.3, 0.4) is 0 Å². The van der Waals surface area contributed by atoms with Crippen molar-refractivity contribution in [1.29, 1.82) is 5.26 Å². The lowest BCUT2D eigenvalue weighted by Gasteiger charge is -2.32. The van der Waals surface area contributed by atoms with Crippen molar-refractivity contribution in [3.8, 4) is 22.9 Å². The molecule has 1 saturated carbocycles. The topological polar surface area (TPSA) is 157 Å². The number of hydrogen-bond donors (Lipinski definition) is 1. The molecule has 1 aliphatic heterocycles. The number of aliphatic imine (C=N–C) groups is 1. The summed E-state index contributed by atoms with van der Waals surface area (Å²) in [5.74, 6) is -3.58. The molecule has 0 spiro atoms. The van der Waals surface area contributed by atoms with Crippen LogP contribution < -0.4 is 5.73 Å². The molecule has 0 unspecified atom stereocenters. The highest BCUT2D eigenvalue weighted by molar-refractivity contribution is 6.32. The minimum atomic E-state index is -4.66. The lowest BCUT2D eigenvalue weighted by Crippen LogP contribution is -2.47. The summed E-state index contributed by atoms with van der Waals surface area (Å²) >= 11 is 6.40. The standard InChI is InChI=1S/C35H31ClF7N9O3/c1-19(8-11-44)13-34(23-5-2-20(3-6-23)22-15-47-50(16-22)31(39)40)30(54)51(32(45)49-34)26(17-55-27(53)14-33(9-10-33)35(41,42)43)21-4-7-24(36)25(12-21)52-29(28(37)38)46-18-48-52/h2-7,12,15-16,18-19,26,28,31H,8-10,13-14,17H2,1H3,(H2,45,49)/t19-,26+,34+/m0/s1. The van der Waals surface area contributed by atoms with Crippen LogP contribution >= 0.6 is 11.6 Å². The molecule has 2 aliphatic rings. The number of nitrogens with zero attached hydrogens (tertiary/aromatic N) is 8. The molecule has 1 aliphatic carbocycles. The predicted octanol–water partition coefficient (Wildman–Crippen LogP) is 7.43. The van der Waals surface area contributed by atoms with Gasteiger partial charge >= 0.3 is 18.7 Å². The predicted molar refractivity (Wildman–Crippen MR) is 180 cm³/mol. The second-order valence-corrected chi connectivity index (χ2v) is 13.8. The van der Waals surface area contributed by atoms with Crippen LogP contribution in [0, 0.1) is 22.7 Å². The molecule has 2 aromatic carbocycles. The van der Waals surface area contributed by atoms with Gasteiger partial charge in [-0.15, -0.1) is 0 Å². The number of aromatic nitrogens is 5. The van der Waals surface area contributed by atoms with Crippen molar-refractivity contribution in [3.63, 3.8) is 0 Å². The molecule has 12 nitrogen and oxygen atoms in total. The Balaban J connectivity index is 1.40. The summed E-state index contributed by atoms with van der Waals surface area (Å²) in [6.07, 6.45) is -6.04. The van der Waals surface area contributed by atoms with Gasteiger partial charge in [0.2, 0.25) is 0 Å². The Hall–Kier alpha value is -5.51. The number of guanidine groups is 1. The summed E-state index contributed by atoms with van der Waals surface area (Å²) in [4.78, 5) is 37.0. The number of halogens is 8. The van der Waals surface area contributed by atoms with Crippen molar-refractivity contribution in [1.82, 2.24) is 29.4 Å². The molecule has 2 aromatic heterocycles. The Morgan fingerprint density at radius 2 is 1.80 bits per heavy atom. The molecule has 6 rings (SSSR count). The summed E-state index contributed by atoms with van der Waals surface area (Å²) < 4.78 is 102. The third-order valence-corrected chi connectivity index (χ3v) is 10.0. The van der Waals surface area contributed by atoms with Gasteiger partial charge in [0.15, 0.2) is 17.3 Å². The fraction of sp³-hybridized carbons (Fsp3) is 0.400. The zero-order valence-electron chi connectivity index (χ0n) is 28.7. The first-order valence-electron chi connectivity index (χ1n) is 16.7. The van der Waals surface area contributed by atoms with Gasteiger partial charge in [-0.25, -0.2) is 28.1 Å².